The molecule has 0 bridgehead atoms. The van der Waals surface area contributed by atoms with Crippen LogP contribution >= 0.6 is 12.2 Å². The molecular formula is C26H26N4O2S. The van der Waals surface area contributed by atoms with Crippen LogP contribution in [0.5, 0.6) is 0 Å². The zero-order chi connectivity index (χ0) is 22.9. The maximum Gasteiger partial charge on any atom is 0.281 e. The molecule has 0 radical (unpaired) electrons. The van der Waals surface area contributed by atoms with Crippen molar-refractivity contribution in [2.24, 2.45) is 0 Å². The number of nitrogens with zero attached hydrogens (tertiary/aromatic N) is 3. The average Bonchev–Trinajstić information content (AvgIpc) is 3.31. The third-order valence-electron chi connectivity index (χ3n) is 6.44. The minimum absolute atomic E-state index is 0.133. The number of aromatic nitrogens is 1. The number of piperidine rings is 1. The third-order valence-corrected chi connectivity index (χ3v) is 6.73. The summed E-state index contributed by atoms with van der Waals surface area (Å²) in [6.45, 7) is 3.23. The molecule has 168 valence electrons. The van der Waals surface area contributed by atoms with Gasteiger partial charge >= 0.3 is 0 Å². The fraction of sp³-hybridized carbons (Fsp3) is 0.269. The summed E-state index contributed by atoms with van der Waals surface area (Å²) in [5, 5.41) is 4.40. The number of anilines is 1. The van der Waals surface area contributed by atoms with E-state index in [-0.39, 0.29) is 24.4 Å². The Morgan fingerprint density at radius 2 is 1.88 bits per heavy atom. The van der Waals surface area contributed by atoms with Gasteiger partial charge in [0.15, 0.2) is 5.11 Å². The molecule has 0 aliphatic carbocycles. The van der Waals surface area contributed by atoms with E-state index in [1.807, 2.05) is 76.3 Å². The predicted octanol–water partition coefficient (Wildman–Crippen LogP) is 4.30. The fourth-order valence-corrected chi connectivity index (χ4v) is 5.03. The van der Waals surface area contributed by atoms with Crippen molar-refractivity contribution >= 4 is 51.8 Å². The number of amides is 2. The minimum atomic E-state index is -0.193. The van der Waals surface area contributed by atoms with Gasteiger partial charge in [0.25, 0.3) is 5.91 Å². The van der Waals surface area contributed by atoms with Crippen LogP contribution in [0.25, 0.3) is 17.0 Å². The first-order valence-corrected chi connectivity index (χ1v) is 11.7. The highest BCUT2D eigenvalue weighted by Crippen LogP contribution is 2.27. The lowest BCUT2D eigenvalue weighted by molar-refractivity contribution is -0.135. The predicted molar refractivity (Wildman–Crippen MR) is 135 cm³/mol. The Kier molecular flexibility index (Phi) is 5.72. The molecule has 1 unspecified atom stereocenters. The minimum Gasteiger partial charge on any atom is -0.338 e. The van der Waals surface area contributed by atoms with E-state index in [1.54, 1.807) is 0 Å². The van der Waals surface area contributed by atoms with Gasteiger partial charge in [-0.05, 0) is 62.7 Å². The number of thiocarbonyl (C=S) groups is 1. The molecule has 6 nitrogen and oxygen atoms in total. The van der Waals surface area contributed by atoms with E-state index >= 15 is 0 Å². The van der Waals surface area contributed by atoms with Crippen LogP contribution in [-0.2, 0) is 16.1 Å². The Morgan fingerprint density at radius 1 is 1.12 bits per heavy atom. The SMILES string of the molecule is CC1CCCCN1C(=O)Cn1cc(/C=C2\NC(=S)N(c3ccccc3)C2=O)c2ccccc21. The van der Waals surface area contributed by atoms with Crippen molar-refractivity contribution in [3.05, 3.63) is 72.1 Å². The second-order valence-corrected chi connectivity index (χ2v) is 9.01. The molecule has 3 heterocycles. The average molecular weight is 459 g/mol. The van der Waals surface area contributed by atoms with Crippen LogP contribution < -0.4 is 10.2 Å². The third kappa shape index (κ3) is 4.04. The molecule has 2 aromatic carbocycles. The van der Waals surface area contributed by atoms with Crippen LogP contribution in [0.15, 0.2) is 66.5 Å². The number of carbonyl (C=O) groups is 2. The van der Waals surface area contributed by atoms with E-state index in [4.69, 9.17) is 12.2 Å². The van der Waals surface area contributed by atoms with Crippen LogP contribution in [0, 0.1) is 0 Å². The summed E-state index contributed by atoms with van der Waals surface area (Å²) in [6.07, 6.45) is 7.07. The molecule has 5 rings (SSSR count). The summed E-state index contributed by atoms with van der Waals surface area (Å²) in [4.78, 5) is 29.7. The highest BCUT2D eigenvalue weighted by atomic mass is 32.1. The smallest absolute Gasteiger partial charge is 0.281 e. The second kappa shape index (κ2) is 8.83. The zero-order valence-electron chi connectivity index (χ0n) is 18.5. The van der Waals surface area contributed by atoms with Crippen LogP contribution in [-0.4, -0.2) is 39.0 Å². The molecule has 1 N–H and O–H groups in total. The highest BCUT2D eigenvalue weighted by Gasteiger charge is 2.32. The lowest BCUT2D eigenvalue weighted by Gasteiger charge is -2.33. The molecule has 0 saturated carbocycles. The molecule has 7 heteroatoms. The molecular weight excluding hydrogens is 432 g/mol. The van der Waals surface area contributed by atoms with E-state index in [1.165, 1.54) is 11.3 Å². The van der Waals surface area contributed by atoms with Crippen LogP contribution in [0.1, 0.15) is 31.7 Å². The maximum atomic E-state index is 13.1. The summed E-state index contributed by atoms with van der Waals surface area (Å²) in [5.41, 5.74) is 2.99. The van der Waals surface area contributed by atoms with E-state index in [0.29, 0.717) is 10.8 Å². The van der Waals surface area contributed by atoms with E-state index in [2.05, 4.69) is 12.2 Å². The first kappa shape index (κ1) is 21.4. The van der Waals surface area contributed by atoms with Crippen LogP contribution in [0.3, 0.4) is 0 Å². The number of carbonyl (C=O) groups excluding carboxylic acids is 2. The summed E-state index contributed by atoms with van der Waals surface area (Å²) < 4.78 is 1.98. The Labute approximate surface area is 198 Å². The topological polar surface area (TPSA) is 57.6 Å². The fourth-order valence-electron chi connectivity index (χ4n) is 4.73. The summed E-state index contributed by atoms with van der Waals surface area (Å²) in [5.74, 6) is -0.0603. The second-order valence-electron chi connectivity index (χ2n) is 8.63. The van der Waals surface area contributed by atoms with E-state index in [0.717, 1.165) is 41.5 Å². The number of hydrogen-bond donors (Lipinski definition) is 1. The van der Waals surface area contributed by atoms with Gasteiger partial charge in [-0.25, -0.2) is 0 Å². The van der Waals surface area contributed by atoms with Crippen LogP contribution in [0.4, 0.5) is 5.69 Å². The van der Waals surface area contributed by atoms with Gasteiger partial charge in [0.05, 0.1) is 5.69 Å². The van der Waals surface area contributed by atoms with Gasteiger partial charge in [-0.3, -0.25) is 14.5 Å². The molecule has 3 aromatic rings. The maximum absolute atomic E-state index is 13.1. The molecule has 1 aromatic heterocycles. The molecule has 2 amide bonds. The van der Waals surface area contributed by atoms with Crippen molar-refractivity contribution in [1.82, 2.24) is 14.8 Å². The zero-order valence-corrected chi connectivity index (χ0v) is 19.3. The normalized spacial score (nSPS) is 20.0. The lowest BCUT2D eigenvalue weighted by atomic mass is 10.0. The number of nitrogens with one attached hydrogen (secondary N) is 1. The molecule has 2 aliphatic heterocycles. The van der Waals surface area contributed by atoms with Gasteiger partial charge in [0.2, 0.25) is 5.91 Å². The summed E-state index contributed by atoms with van der Waals surface area (Å²) in [6, 6.07) is 17.6. The largest absolute Gasteiger partial charge is 0.338 e. The summed E-state index contributed by atoms with van der Waals surface area (Å²) >= 11 is 5.43. The first-order valence-electron chi connectivity index (χ1n) is 11.3. The number of likely N-dealkylation sites (tertiary alicyclic amines) is 1. The summed E-state index contributed by atoms with van der Waals surface area (Å²) in [7, 11) is 0. The van der Waals surface area contributed by atoms with Crippen molar-refractivity contribution < 1.29 is 9.59 Å². The van der Waals surface area contributed by atoms with Gasteiger partial charge in [0, 0.05) is 35.2 Å². The molecule has 2 saturated heterocycles. The van der Waals surface area contributed by atoms with E-state index < -0.39 is 0 Å². The van der Waals surface area contributed by atoms with Crippen molar-refractivity contribution in [3.8, 4) is 0 Å². The number of para-hydroxylation sites is 2. The Hall–Kier alpha value is -3.45. The number of benzene rings is 2. The molecule has 2 fully saturated rings. The van der Waals surface area contributed by atoms with Crippen molar-refractivity contribution in [2.75, 3.05) is 11.4 Å². The van der Waals surface area contributed by atoms with Crippen molar-refractivity contribution in [2.45, 2.75) is 38.8 Å². The van der Waals surface area contributed by atoms with Gasteiger partial charge in [-0.15, -0.1) is 0 Å². The monoisotopic (exact) mass is 458 g/mol. The van der Waals surface area contributed by atoms with Gasteiger partial charge in [-0.1, -0.05) is 36.4 Å². The molecule has 33 heavy (non-hydrogen) atoms. The van der Waals surface area contributed by atoms with Gasteiger partial charge in [-0.2, -0.15) is 0 Å². The Bertz CT molecular complexity index is 1260. The Balaban J connectivity index is 1.46. The number of fused-ring (bicyclic) bond motifs is 1. The van der Waals surface area contributed by atoms with Crippen LogP contribution in [0.2, 0.25) is 0 Å². The quantitative estimate of drug-likeness (QED) is 0.468. The molecule has 2 aliphatic rings. The molecule has 0 spiro atoms. The van der Waals surface area contributed by atoms with Gasteiger partial charge in [0.1, 0.15) is 12.2 Å². The Morgan fingerprint density at radius 3 is 2.67 bits per heavy atom. The van der Waals surface area contributed by atoms with Gasteiger partial charge < -0.3 is 14.8 Å². The lowest BCUT2D eigenvalue weighted by Crippen LogP contribution is -2.43. The first-order chi connectivity index (χ1) is 16.0. The standard InChI is InChI=1S/C26H26N4O2S/c1-18-9-7-8-14-29(18)24(31)17-28-16-19(21-12-5-6-13-23(21)28)15-22-25(32)30(26(33)27-22)20-10-3-2-4-11-20/h2-6,10-13,15-16,18H,7-9,14,17H2,1H3,(H,27,33)/b22-15-. The number of rotatable bonds is 4. The van der Waals surface area contributed by atoms with E-state index in [9.17, 15) is 9.59 Å². The highest BCUT2D eigenvalue weighted by molar-refractivity contribution is 7.80. The number of hydrogen-bond acceptors (Lipinski definition) is 3. The van der Waals surface area contributed by atoms with Crippen molar-refractivity contribution in [1.29, 1.82) is 0 Å². The van der Waals surface area contributed by atoms with Crippen molar-refractivity contribution in [3.63, 3.8) is 0 Å². The molecule has 1 atom stereocenters.